The molecule has 0 aromatic heterocycles. The Morgan fingerprint density at radius 3 is 1.91 bits per heavy atom. The van der Waals surface area contributed by atoms with Crippen molar-refractivity contribution in [2.24, 2.45) is 0 Å². The quantitative estimate of drug-likeness (QED) is 0.413. The lowest BCUT2D eigenvalue weighted by Crippen LogP contribution is -2.09. The van der Waals surface area contributed by atoms with Crippen LogP contribution in [0.15, 0.2) is 48.5 Å². The number of hydrogen-bond acceptors (Lipinski definition) is 7. The fourth-order valence-corrected chi connectivity index (χ4v) is 3.60. The van der Waals surface area contributed by atoms with Crippen molar-refractivity contribution in [1.82, 2.24) is 0 Å². The van der Waals surface area contributed by atoms with E-state index in [2.05, 4.69) is 11.1 Å². The number of ketones is 2. The number of carbonyl (C=O) groups excluding carboxylic acids is 2. The molecule has 0 radical (unpaired) electrons. The van der Waals surface area contributed by atoms with Crippen molar-refractivity contribution in [3.63, 3.8) is 0 Å². The standard InChI is InChI=1S/C26H20N2O6/c1-15-8-9-18(26(34-4)21(15)14-28-31)23(29)16-6-5-7-17(12-16)24(30)19-10-11-22(32-2)20(13-27)25(19)33-3/h5-12H,1-4H3/p+1. The number of ether oxygens (including phenoxy) is 3. The number of methoxy groups -OCH3 is 3. The molecule has 1 N–H and O–H groups in total. The van der Waals surface area contributed by atoms with Gasteiger partial charge in [0.2, 0.25) is 5.01 Å². The van der Waals surface area contributed by atoms with Crippen molar-refractivity contribution in [3.05, 3.63) is 92.5 Å². The molecule has 34 heavy (non-hydrogen) atoms. The van der Waals surface area contributed by atoms with Crippen LogP contribution in [0.4, 0.5) is 0 Å². The van der Waals surface area contributed by atoms with Gasteiger partial charge in [0.25, 0.3) is 0 Å². The average Bonchev–Trinajstić information content (AvgIpc) is 2.87. The SMILES string of the molecule is COc1ccc(C(=O)c2cccc(C(=O)c3ccc(C)c(C#[N+]O)c3OC)c2)c(OC)c1C#N. The zero-order valence-corrected chi connectivity index (χ0v) is 19.0. The Labute approximate surface area is 196 Å². The summed E-state index contributed by atoms with van der Waals surface area (Å²) in [6.45, 7) is 1.77. The van der Waals surface area contributed by atoms with Gasteiger partial charge in [-0.3, -0.25) is 9.59 Å². The Morgan fingerprint density at radius 1 is 0.853 bits per heavy atom. The first-order valence-electron chi connectivity index (χ1n) is 10.0. The largest absolute Gasteiger partial charge is 0.495 e. The van der Waals surface area contributed by atoms with Gasteiger partial charge < -0.3 is 14.2 Å². The van der Waals surface area contributed by atoms with Crippen molar-refractivity contribution in [3.8, 4) is 29.4 Å². The summed E-state index contributed by atoms with van der Waals surface area (Å²) in [5.74, 6) is -0.248. The number of carbonyl (C=O) groups is 2. The normalized spacial score (nSPS) is 9.85. The molecule has 0 aliphatic carbocycles. The summed E-state index contributed by atoms with van der Waals surface area (Å²) < 4.78 is 15.9. The molecule has 0 saturated carbocycles. The zero-order chi connectivity index (χ0) is 24.8. The van der Waals surface area contributed by atoms with E-state index in [4.69, 9.17) is 19.4 Å². The Hall–Kier alpha value is -4.82. The maximum Gasteiger partial charge on any atom is 0.392 e. The molecule has 0 spiro atoms. The third-order valence-corrected chi connectivity index (χ3v) is 5.26. The van der Waals surface area contributed by atoms with Crippen molar-refractivity contribution in [1.29, 1.82) is 5.26 Å². The number of hydrogen-bond donors (Lipinski definition) is 1. The molecule has 8 nitrogen and oxygen atoms in total. The van der Waals surface area contributed by atoms with Crippen molar-refractivity contribution in [2.75, 3.05) is 21.3 Å². The second kappa shape index (κ2) is 10.2. The third-order valence-electron chi connectivity index (χ3n) is 5.26. The molecule has 0 aliphatic heterocycles. The molecule has 0 amide bonds. The molecule has 0 fully saturated rings. The highest BCUT2D eigenvalue weighted by molar-refractivity contribution is 6.15. The van der Waals surface area contributed by atoms with Crippen LogP contribution < -0.4 is 14.2 Å². The Kier molecular flexibility index (Phi) is 7.15. The van der Waals surface area contributed by atoms with Gasteiger partial charge in [0, 0.05) is 11.1 Å². The molecule has 0 bridgehead atoms. The van der Waals surface area contributed by atoms with E-state index >= 15 is 0 Å². The lowest BCUT2D eigenvalue weighted by molar-refractivity contribution is 0.103. The van der Waals surface area contributed by atoms with Crippen molar-refractivity contribution < 1.29 is 29.0 Å². The number of nitriles is 1. The maximum atomic E-state index is 13.3. The van der Waals surface area contributed by atoms with E-state index in [1.54, 1.807) is 37.3 Å². The lowest BCUT2D eigenvalue weighted by atomic mass is 9.94. The van der Waals surface area contributed by atoms with Crippen LogP contribution in [0.1, 0.15) is 48.5 Å². The molecular weight excluding hydrogens is 436 g/mol. The Balaban J connectivity index is 2.08. The average molecular weight is 457 g/mol. The van der Waals surface area contributed by atoms with Crippen LogP contribution in [0, 0.1) is 24.3 Å². The molecule has 3 aromatic rings. The van der Waals surface area contributed by atoms with Gasteiger partial charge >= 0.3 is 6.07 Å². The van der Waals surface area contributed by atoms with Crippen LogP contribution in [0.3, 0.4) is 0 Å². The summed E-state index contributed by atoms with van der Waals surface area (Å²) in [4.78, 5) is 26.6. The van der Waals surface area contributed by atoms with Gasteiger partial charge in [0.05, 0.1) is 32.5 Å². The second-order valence-electron chi connectivity index (χ2n) is 7.12. The summed E-state index contributed by atoms with van der Waals surface area (Å²) in [6.07, 6.45) is 0. The molecule has 0 unspecified atom stereocenters. The first-order valence-corrected chi connectivity index (χ1v) is 10.0. The summed E-state index contributed by atoms with van der Waals surface area (Å²) >= 11 is 0. The molecule has 8 heteroatoms. The molecule has 3 rings (SSSR count). The van der Waals surface area contributed by atoms with E-state index < -0.39 is 11.6 Å². The second-order valence-corrected chi connectivity index (χ2v) is 7.12. The van der Waals surface area contributed by atoms with E-state index in [1.165, 1.54) is 39.5 Å². The van der Waals surface area contributed by atoms with Crippen LogP contribution in [-0.4, -0.2) is 38.1 Å². The van der Waals surface area contributed by atoms with Gasteiger partial charge in [-0.1, -0.05) is 24.3 Å². The highest BCUT2D eigenvalue weighted by Gasteiger charge is 2.24. The minimum atomic E-state index is -0.428. The number of aryl methyl sites for hydroxylation is 1. The predicted octanol–water partition coefficient (Wildman–Crippen LogP) is 4.42. The Morgan fingerprint density at radius 2 is 1.41 bits per heavy atom. The van der Waals surface area contributed by atoms with Crippen LogP contribution in [-0.2, 0) is 0 Å². The van der Waals surface area contributed by atoms with Gasteiger partial charge in [-0.25, -0.2) is 0 Å². The summed E-state index contributed by atoms with van der Waals surface area (Å²) in [5, 5.41) is 21.4. The molecule has 0 aliphatic rings. The molecule has 0 saturated heterocycles. The van der Waals surface area contributed by atoms with E-state index in [0.29, 0.717) is 11.1 Å². The highest BCUT2D eigenvalue weighted by atomic mass is 16.5. The lowest BCUT2D eigenvalue weighted by Gasteiger charge is -2.13. The molecular formula is C26H21N2O6+. The fourth-order valence-electron chi connectivity index (χ4n) is 3.60. The van der Waals surface area contributed by atoms with Gasteiger partial charge in [0.1, 0.15) is 17.4 Å². The van der Waals surface area contributed by atoms with Crippen molar-refractivity contribution >= 4 is 11.6 Å². The van der Waals surface area contributed by atoms with Gasteiger partial charge in [0.15, 0.2) is 28.6 Å². The fraction of sp³-hybridized carbons (Fsp3) is 0.154. The van der Waals surface area contributed by atoms with Gasteiger partial charge in [-0.2, -0.15) is 10.5 Å². The first-order chi connectivity index (χ1) is 16.4. The smallest absolute Gasteiger partial charge is 0.392 e. The third kappa shape index (κ3) is 4.25. The van der Waals surface area contributed by atoms with Crippen LogP contribution in [0.2, 0.25) is 0 Å². The zero-order valence-electron chi connectivity index (χ0n) is 19.0. The monoisotopic (exact) mass is 457 g/mol. The van der Waals surface area contributed by atoms with Gasteiger partial charge in [-0.15, -0.1) is 0 Å². The Bertz CT molecular complexity index is 1390. The van der Waals surface area contributed by atoms with Crippen LogP contribution in [0.25, 0.3) is 5.01 Å². The first kappa shape index (κ1) is 23.8. The van der Waals surface area contributed by atoms with Crippen molar-refractivity contribution in [2.45, 2.75) is 6.92 Å². The van der Waals surface area contributed by atoms with Crippen LogP contribution >= 0.6 is 0 Å². The summed E-state index contributed by atoms with van der Waals surface area (Å²) in [5.41, 5.74) is 2.00. The highest BCUT2D eigenvalue weighted by Crippen LogP contribution is 2.33. The number of rotatable bonds is 7. The minimum absolute atomic E-state index is 0.0900. The summed E-state index contributed by atoms with van der Waals surface area (Å²) in [6, 6.07) is 16.9. The van der Waals surface area contributed by atoms with E-state index in [1.807, 2.05) is 6.07 Å². The van der Waals surface area contributed by atoms with Crippen LogP contribution in [0.5, 0.6) is 17.2 Å². The molecule has 0 atom stereocenters. The van der Waals surface area contributed by atoms with Gasteiger partial charge in [-0.05, 0) is 36.8 Å². The molecule has 3 aromatic carbocycles. The summed E-state index contributed by atoms with van der Waals surface area (Å²) in [7, 11) is 4.18. The minimum Gasteiger partial charge on any atom is -0.495 e. The van der Waals surface area contributed by atoms with E-state index in [-0.39, 0.29) is 45.1 Å². The number of benzene rings is 3. The molecule has 170 valence electrons. The topological polar surface area (TPSA) is 110 Å². The molecule has 0 heterocycles. The van der Waals surface area contributed by atoms with E-state index in [0.717, 1.165) is 0 Å². The number of nitrogens with zero attached hydrogens (tertiary/aromatic N) is 2. The maximum absolute atomic E-state index is 13.3. The predicted molar refractivity (Wildman–Crippen MR) is 123 cm³/mol. The van der Waals surface area contributed by atoms with E-state index in [9.17, 15) is 14.9 Å².